The first-order valence-corrected chi connectivity index (χ1v) is 11.3. The predicted octanol–water partition coefficient (Wildman–Crippen LogP) is 7.80. The predicted molar refractivity (Wildman–Crippen MR) is 112 cm³/mol. The second-order valence-electron chi connectivity index (χ2n) is 8.97. The molecule has 1 nitrogen and oxygen atoms in total. The van der Waals surface area contributed by atoms with Crippen LogP contribution in [0.4, 0.5) is 0 Å². The normalized spacial score (nSPS) is 25.2. The van der Waals surface area contributed by atoms with Gasteiger partial charge in [0.15, 0.2) is 0 Å². The third kappa shape index (κ3) is 11.8. The van der Waals surface area contributed by atoms with Gasteiger partial charge >= 0.3 is 0 Å². The Labute approximate surface area is 159 Å². The number of unbranched alkanes of at least 4 members (excludes halogenated alkanes) is 2. The fourth-order valence-corrected chi connectivity index (χ4v) is 4.36. The van der Waals surface area contributed by atoms with E-state index >= 15 is 0 Å². The van der Waals surface area contributed by atoms with Gasteiger partial charge in [0, 0.05) is 13.7 Å². The van der Waals surface area contributed by atoms with Crippen molar-refractivity contribution in [1.82, 2.24) is 0 Å². The number of hydrogen-bond acceptors (Lipinski definition) is 1. The summed E-state index contributed by atoms with van der Waals surface area (Å²) in [7, 11) is 1.86. The maximum absolute atomic E-state index is 5.44. The molecule has 1 fully saturated rings. The summed E-state index contributed by atoms with van der Waals surface area (Å²) in [6.45, 7) is 8.09. The molecule has 1 heteroatoms. The zero-order valence-electron chi connectivity index (χ0n) is 17.8. The van der Waals surface area contributed by atoms with Crippen molar-refractivity contribution < 1.29 is 4.74 Å². The lowest BCUT2D eigenvalue weighted by Crippen LogP contribution is -2.12. The fraction of sp³-hybridized carbons (Fsp3) is 0.917. The van der Waals surface area contributed by atoms with Crippen LogP contribution in [0.1, 0.15) is 104 Å². The van der Waals surface area contributed by atoms with E-state index in [1.54, 1.807) is 0 Å². The van der Waals surface area contributed by atoms with Crippen LogP contribution in [0.2, 0.25) is 0 Å². The summed E-state index contributed by atoms with van der Waals surface area (Å²) in [4.78, 5) is 0. The molecule has 0 bridgehead atoms. The second kappa shape index (κ2) is 14.8. The largest absolute Gasteiger partial charge is 0.384 e. The molecule has 25 heavy (non-hydrogen) atoms. The molecule has 0 amide bonds. The molecule has 148 valence electrons. The van der Waals surface area contributed by atoms with E-state index < -0.39 is 0 Å². The van der Waals surface area contributed by atoms with E-state index in [1.165, 1.54) is 83.5 Å². The number of ether oxygens (including phenoxy) is 1. The topological polar surface area (TPSA) is 9.23 Å². The van der Waals surface area contributed by atoms with Crippen LogP contribution in [-0.4, -0.2) is 13.7 Å². The highest BCUT2D eigenvalue weighted by Crippen LogP contribution is 2.29. The molecule has 1 rings (SSSR count). The van der Waals surface area contributed by atoms with Crippen LogP contribution in [0.5, 0.6) is 0 Å². The Balaban J connectivity index is 2.36. The van der Waals surface area contributed by atoms with Gasteiger partial charge in [-0.15, -0.1) is 0 Å². The van der Waals surface area contributed by atoms with Crippen LogP contribution in [0.15, 0.2) is 12.2 Å². The van der Waals surface area contributed by atoms with Crippen molar-refractivity contribution in [2.24, 2.45) is 23.7 Å². The molecule has 0 spiro atoms. The Morgan fingerprint density at radius 3 is 2.28 bits per heavy atom. The number of hydrogen-bond donors (Lipinski definition) is 0. The van der Waals surface area contributed by atoms with E-state index in [9.17, 15) is 0 Å². The van der Waals surface area contributed by atoms with Gasteiger partial charge in [-0.25, -0.2) is 0 Å². The van der Waals surface area contributed by atoms with E-state index in [0.29, 0.717) is 0 Å². The Morgan fingerprint density at radius 2 is 1.56 bits per heavy atom. The summed E-state index contributed by atoms with van der Waals surface area (Å²) in [6.07, 6.45) is 23.1. The Hall–Kier alpha value is -0.300. The summed E-state index contributed by atoms with van der Waals surface area (Å²) in [5.41, 5.74) is 0. The van der Waals surface area contributed by atoms with Gasteiger partial charge in [-0.3, -0.25) is 0 Å². The molecule has 0 aromatic carbocycles. The van der Waals surface area contributed by atoms with Crippen LogP contribution < -0.4 is 0 Å². The maximum atomic E-state index is 5.44. The van der Waals surface area contributed by atoms with Crippen molar-refractivity contribution in [1.29, 1.82) is 0 Å². The van der Waals surface area contributed by atoms with E-state index in [-0.39, 0.29) is 0 Å². The molecule has 0 saturated heterocycles. The standard InChI is InChI=1S/C24H46O/c1-21(2)14-9-5-6-10-15-22(3)24-18-12-8-7-11-16-23(20-25-4)17-13-19-24/h10,15,21-24H,5-9,11-14,16-20H2,1-4H3. The van der Waals surface area contributed by atoms with Crippen LogP contribution in [0, 0.1) is 23.7 Å². The van der Waals surface area contributed by atoms with Crippen molar-refractivity contribution in [3.8, 4) is 0 Å². The minimum Gasteiger partial charge on any atom is -0.384 e. The molecule has 1 aliphatic carbocycles. The summed E-state index contributed by atoms with van der Waals surface area (Å²) in [5, 5.41) is 0. The quantitative estimate of drug-likeness (QED) is 0.304. The first-order chi connectivity index (χ1) is 12.1. The van der Waals surface area contributed by atoms with Crippen molar-refractivity contribution >= 4 is 0 Å². The van der Waals surface area contributed by atoms with Gasteiger partial charge in [0.25, 0.3) is 0 Å². The third-order valence-corrected chi connectivity index (χ3v) is 6.11. The van der Waals surface area contributed by atoms with Crippen molar-refractivity contribution in [3.63, 3.8) is 0 Å². The monoisotopic (exact) mass is 350 g/mol. The van der Waals surface area contributed by atoms with Crippen molar-refractivity contribution in [3.05, 3.63) is 12.2 Å². The summed E-state index contributed by atoms with van der Waals surface area (Å²) < 4.78 is 5.44. The van der Waals surface area contributed by atoms with Gasteiger partial charge in [-0.1, -0.05) is 77.9 Å². The Bertz CT molecular complexity index is 320. The van der Waals surface area contributed by atoms with Crippen molar-refractivity contribution in [2.45, 2.75) is 104 Å². The van der Waals surface area contributed by atoms with Crippen molar-refractivity contribution in [2.75, 3.05) is 13.7 Å². The Kier molecular flexibility index (Phi) is 13.5. The fourth-order valence-electron chi connectivity index (χ4n) is 4.36. The van der Waals surface area contributed by atoms with Gasteiger partial charge in [0.05, 0.1) is 0 Å². The van der Waals surface area contributed by atoms with E-state index in [2.05, 4.69) is 32.9 Å². The molecule has 0 heterocycles. The lowest BCUT2D eigenvalue weighted by molar-refractivity contribution is 0.139. The first-order valence-electron chi connectivity index (χ1n) is 11.3. The third-order valence-electron chi connectivity index (χ3n) is 6.11. The molecule has 3 atom stereocenters. The molecular weight excluding hydrogens is 304 g/mol. The highest BCUT2D eigenvalue weighted by atomic mass is 16.5. The molecule has 0 radical (unpaired) electrons. The molecule has 0 aromatic heterocycles. The van der Waals surface area contributed by atoms with Crippen LogP contribution in [0.25, 0.3) is 0 Å². The minimum absolute atomic E-state index is 0.756. The van der Waals surface area contributed by atoms with Crippen LogP contribution >= 0.6 is 0 Å². The van der Waals surface area contributed by atoms with E-state index in [0.717, 1.165) is 30.3 Å². The highest BCUT2D eigenvalue weighted by molar-refractivity contribution is 4.89. The zero-order valence-corrected chi connectivity index (χ0v) is 17.8. The van der Waals surface area contributed by atoms with Gasteiger partial charge in [0.2, 0.25) is 0 Å². The zero-order chi connectivity index (χ0) is 18.3. The maximum Gasteiger partial charge on any atom is 0.0490 e. The molecule has 0 aliphatic heterocycles. The molecule has 1 saturated carbocycles. The first kappa shape index (κ1) is 22.7. The number of methoxy groups -OCH3 is 1. The van der Waals surface area contributed by atoms with Crippen LogP contribution in [0.3, 0.4) is 0 Å². The average Bonchev–Trinajstić information content (AvgIpc) is 2.63. The lowest BCUT2D eigenvalue weighted by Gasteiger charge is -2.22. The second-order valence-corrected chi connectivity index (χ2v) is 8.97. The summed E-state index contributed by atoms with van der Waals surface area (Å²) in [6, 6.07) is 0. The smallest absolute Gasteiger partial charge is 0.0490 e. The minimum atomic E-state index is 0.756. The number of rotatable bonds is 9. The molecule has 0 aromatic rings. The SMILES string of the molecule is COCC1CCCCCCC(C(C)C=CCCCCC(C)C)CCC1. The lowest BCUT2D eigenvalue weighted by atomic mass is 9.84. The molecule has 3 unspecified atom stereocenters. The highest BCUT2D eigenvalue weighted by Gasteiger charge is 2.17. The molecule has 0 N–H and O–H groups in total. The summed E-state index contributed by atoms with van der Waals surface area (Å²) >= 11 is 0. The number of allylic oxidation sites excluding steroid dienone is 2. The van der Waals surface area contributed by atoms with Gasteiger partial charge in [-0.2, -0.15) is 0 Å². The van der Waals surface area contributed by atoms with E-state index in [1.807, 2.05) is 7.11 Å². The average molecular weight is 351 g/mol. The Morgan fingerprint density at radius 1 is 0.880 bits per heavy atom. The molecule has 1 aliphatic rings. The van der Waals surface area contributed by atoms with Gasteiger partial charge < -0.3 is 4.74 Å². The molecular formula is C24H46O. The van der Waals surface area contributed by atoms with Crippen LogP contribution in [-0.2, 0) is 4.74 Å². The van der Waals surface area contributed by atoms with Gasteiger partial charge in [0.1, 0.15) is 0 Å². The van der Waals surface area contributed by atoms with E-state index in [4.69, 9.17) is 4.74 Å². The van der Waals surface area contributed by atoms with Gasteiger partial charge in [-0.05, 0) is 62.2 Å². The summed E-state index contributed by atoms with van der Waals surface area (Å²) in [5.74, 6) is 3.31.